The fourth-order valence-corrected chi connectivity index (χ4v) is 2.54. The van der Waals surface area contributed by atoms with E-state index in [4.69, 9.17) is 10.5 Å². The van der Waals surface area contributed by atoms with Crippen molar-refractivity contribution in [2.75, 3.05) is 12.3 Å². The van der Waals surface area contributed by atoms with E-state index in [0.717, 1.165) is 34.9 Å². The van der Waals surface area contributed by atoms with Crippen molar-refractivity contribution in [2.45, 2.75) is 20.8 Å². The zero-order valence-corrected chi connectivity index (χ0v) is 14.4. The number of nitrogens with two attached hydrogens (primary N) is 1. The van der Waals surface area contributed by atoms with Gasteiger partial charge >= 0.3 is 0 Å². The van der Waals surface area contributed by atoms with Crippen LogP contribution in [-0.4, -0.2) is 16.4 Å². The van der Waals surface area contributed by atoms with Crippen molar-refractivity contribution in [1.82, 2.24) is 9.78 Å². The van der Waals surface area contributed by atoms with E-state index < -0.39 is 0 Å². The lowest BCUT2D eigenvalue weighted by Crippen LogP contribution is -2.05. The topological polar surface area (TPSA) is 53.1 Å². The lowest BCUT2D eigenvalue weighted by atomic mass is 10.1. The third-order valence-electron chi connectivity index (χ3n) is 3.78. The fraction of sp³-hybridized carbons (Fsp3) is 0.250. The molecule has 0 aliphatic rings. The monoisotopic (exact) mass is 321 g/mol. The molecule has 0 saturated carbocycles. The van der Waals surface area contributed by atoms with Crippen molar-refractivity contribution >= 4 is 5.82 Å². The molecule has 0 fully saturated rings. The van der Waals surface area contributed by atoms with Crippen molar-refractivity contribution in [3.63, 3.8) is 0 Å². The second kappa shape index (κ2) is 6.79. The number of para-hydroxylation sites is 1. The summed E-state index contributed by atoms with van der Waals surface area (Å²) in [6.45, 7) is 7.05. The number of aromatic nitrogens is 2. The van der Waals surface area contributed by atoms with Crippen LogP contribution in [0.5, 0.6) is 5.75 Å². The van der Waals surface area contributed by atoms with Gasteiger partial charge in [0.15, 0.2) is 0 Å². The van der Waals surface area contributed by atoms with Crippen molar-refractivity contribution < 1.29 is 4.74 Å². The lowest BCUT2D eigenvalue weighted by Gasteiger charge is -2.11. The molecule has 2 aromatic carbocycles. The first-order chi connectivity index (χ1) is 11.5. The van der Waals surface area contributed by atoms with Crippen molar-refractivity contribution in [1.29, 1.82) is 0 Å². The van der Waals surface area contributed by atoms with E-state index in [2.05, 4.69) is 31.9 Å². The van der Waals surface area contributed by atoms with Gasteiger partial charge in [-0.2, -0.15) is 5.10 Å². The Bertz CT molecular complexity index is 822. The third-order valence-corrected chi connectivity index (χ3v) is 3.78. The molecule has 4 nitrogen and oxygen atoms in total. The minimum Gasteiger partial charge on any atom is -0.493 e. The maximum atomic E-state index is 6.14. The van der Waals surface area contributed by atoms with Crippen LogP contribution in [0.3, 0.4) is 0 Å². The molecule has 0 aliphatic carbocycles. The summed E-state index contributed by atoms with van der Waals surface area (Å²) in [6.07, 6.45) is 0. The molecule has 0 saturated heterocycles. The number of rotatable bonds is 5. The number of anilines is 1. The molecule has 0 aliphatic heterocycles. The first-order valence-electron chi connectivity index (χ1n) is 8.19. The van der Waals surface area contributed by atoms with Gasteiger partial charge in [0, 0.05) is 11.6 Å². The highest BCUT2D eigenvalue weighted by atomic mass is 16.5. The summed E-state index contributed by atoms with van der Waals surface area (Å²) in [5.41, 5.74) is 10.1. The van der Waals surface area contributed by atoms with E-state index in [0.29, 0.717) is 11.7 Å². The Morgan fingerprint density at radius 1 is 1.08 bits per heavy atom. The van der Waals surface area contributed by atoms with Gasteiger partial charge in [-0.1, -0.05) is 32.0 Å². The van der Waals surface area contributed by atoms with Crippen LogP contribution in [0.15, 0.2) is 54.6 Å². The summed E-state index contributed by atoms with van der Waals surface area (Å²) in [4.78, 5) is 0. The maximum absolute atomic E-state index is 6.14. The van der Waals surface area contributed by atoms with E-state index in [-0.39, 0.29) is 0 Å². The normalized spacial score (nSPS) is 11.0. The minimum absolute atomic E-state index is 0.505. The van der Waals surface area contributed by atoms with Gasteiger partial charge in [0.05, 0.1) is 18.0 Å². The van der Waals surface area contributed by atoms with E-state index in [1.54, 1.807) is 4.68 Å². The van der Waals surface area contributed by atoms with Gasteiger partial charge in [0.1, 0.15) is 11.6 Å². The van der Waals surface area contributed by atoms with Crippen LogP contribution in [-0.2, 0) is 0 Å². The lowest BCUT2D eigenvalue weighted by molar-refractivity contribution is 0.269. The van der Waals surface area contributed by atoms with Crippen LogP contribution in [0.4, 0.5) is 5.82 Å². The zero-order valence-electron chi connectivity index (χ0n) is 14.4. The largest absolute Gasteiger partial charge is 0.493 e. The summed E-state index contributed by atoms with van der Waals surface area (Å²) >= 11 is 0. The van der Waals surface area contributed by atoms with Gasteiger partial charge < -0.3 is 10.5 Å². The summed E-state index contributed by atoms with van der Waals surface area (Å²) in [7, 11) is 0. The van der Waals surface area contributed by atoms with E-state index in [1.807, 2.05) is 48.5 Å². The van der Waals surface area contributed by atoms with Crippen LogP contribution < -0.4 is 10.5 Å². The standard InChI is InChI=1S/C20H23N3O/c1-14(2)13-24-19-10-9-16(11-15(19)3)18-12-20(21)23(22-18)17-7-5-4-6-8-17/h4-12,14H,13,21H2,1-3H3. The van der Waals surface area contributed by atoms with E-state index in [1.165, 1.54) is 0 Å². The molecule has 2 N–H and O–H groups in total. The molecule has 124 valence electrons. The smallest absolute Gasteiger partial charge is 0.127 e. The molecule has 0 spiro atoms. The summed E-state index contributed by atoms with van der Waals surface area (Å²) in [5.74, 6) is 2.04. The van der Waals surface area contributed by atoms with Crippen LogP contribution in [0, 0.1) is 12.8 Å². The van der Waals surface area contributed by atoms with E-state index >= 15 is 0 Å². The SMILES string of the molecule is Cc1cc(-c2cc(N)n(-c3ccccc3)n2)ccc1OCC(C)C. The average Bonchev–Trinajstić information content (AvgIpc) is 2.96. The molecular weight excluding hydrogens is 298 g/mol. The molecule has 0 amide bonds. The molecule has 0 bridgehead atoms. The Morgan fingerprint density at radius 3 is 2.50 bits per heavy atom. The average molecular weight is 321 g/mol. The molecule has 3 rings (SSSR count). The van der Waals surface area contributed by atoms with Crippen LogP contribution in [0.2, 0.25) is 0 Å². The summed E-state index contributed by atoms with van der Waals surface area (Å²) < 4.78 is 7.59. The Kier molecular flexibility index (Phi) is 4.56. The predicted octanol–water partition coefficient (Wildman–Crippen LogP) is 4.46. The summed E-state index contributed by atoms with van der Waals surface area (Å²) in [5, 5.41) is 4.65. The molecular formula is C20H23N3O. The number of hydrogen-bond acceptors (Lipinski definition) is 3. The number of aryl methyl sites for hydroxylation is 1. The van der Waals surface area contributed by atoms with Gasteiger partial charge in [-0.05, 0) is 48.7 Å². The van der Waals surface area contributed by atoms with Crippen molar-refractivity contribution in [3.8, 4) is 22.7 Å². The van der Waals surface area contributed by atoms with Crippen molar-refractivity contribution in [2.24, 2.45) is 5.92 Å². The molecule has 3 aromatic rings. The molecule has 4 heteroatoms. The van der Waals surface area contributed by atoms with Crippen LogP contribution in [0.1, 0.15) is 19.4 Å². The van der Waals surface area contributed by atoms with Gasteiger partial charge in [0.2, 0.25) is 0 Å². The molecule has 0 unspecified atom stereocenters. The van der Waals surface area contributed by atoms with E-state index in [9.17, 15) is 0 Å². The van der Waals surface area contributed by atoms with Gasteiger partial charge in [-0.25, -0.2) is 4.68 Å². The number of hydrogen-bond donors (Lipinski definition) is 1. The minimum atomic E-state index is 0.505. The molecule has 0 atom stereocenters. The predicted molar refractivity (Wildman–Crippen MR) is 98.5 cm³/mol. The second-order valence-electron chi connectivity index (χ2n) is 6.39. The highest BCUT2D eigenvalue weighted by molar-refractivity contribution is 5.65. The van der Waals surface area contributed by atoms with Gasteiger partial charge in [-0.3, -0.25) is 0 Å². The first-order valence-corrected chi connectivity index (χ1v) is 8.19. The maximum Gasteiger partial charge on any atom is 0.127 e. The molecule has 24 heavy (non-hydrogen) atoms. The number of benzene rings is 2. The molecule has 0 radical (unpaired) electrons. The fourth-order valence-electron chi connectivity index (χ4n) is 2.54. The van der Waals surface area contributed by atoms with Gasteiger partial charge in [0.25, 0.3) is 0 Å². The highest BCUT2D eigenvalue weighted by Gasteiger charge is 2.10. The highest BCUT2D eigenvalue weighted by Crippen LogP contribution is 2.28. The summed E-state index contributed by atoms with van der Waals surface area (Å²) in [6, 6.07) is 17.9. The molecule has 1 aromatic heterocycles. The Morgan fingerprint density at radius 2 is 1.83 bits per heavy atom. The van der Waals surface area contributed by atoms with Crippen LogP contribution in [0.25, 0.3) is 16.9 Å². The Labute approximate surface area is 142 Å². The van der Waals surface area contributed by atoms with Crippen molar-refractivity contribution in [3.05, 3.63) is 60.2 Å². The third kappa shape index (κ3) is 3.43. The quantitative estimate of drug-likeness (QED) is 0.754. The number of ether oxygens (including phenoxy) is 1. The number of nitrogens with zero attached hydrogens (tertiary/aromatic N) is 2. The van der Waals surface area contributed by atoms with Crippen LogP contribution >= 0.6 is 0 Å². The first kappa shape index (κ1) is 16.1. The molecule has 1 heterocycles. The Hall–Kier alpha value is -2.75. The Balaban J connectivity index is 1.89. The second-order valence-corrected chi connectivity index (χ2v) is 6.39. The zero-order chi connectivity index (χ0) is 17.1. The number of nitrogen functional groups attached to an aromatic ring is 1. The van der Waals surface area contributed by atoms with Gasteiger partial charge in [-0.15, -0.1) is 0 Å².